The van der Waals surface area contributed by atoms with Crippen molar-refractivity contribution >= 4 is 5.82 Å². The third-order valence-electron chi connectivity index (χ3n) is 4.08. The van der Waals surface area contributed by atoms with Crippen molar-refractivity contribution in [2.45, 2.75) is 38.8 Å². The molecule has 2 aliphatic rings. The fourth-order valence-electron chi connectivity index (χ4n) is 3.14. The highest BCUT2D eigenvalue weighted by atomic mass is 15.4. The molecule has 98 valence electrons. The number of rotatable bonds is 2. The normalized spacial score (nSPS) is 32.1. The molecule has 0 amide bonds. The number of hydrazine groups is 1. The minimum absolute atomic E-state index is 0.516. The van der Waals surface area contributed by atoms with Crippen molar-refractivity contribution < 1.29 is 0 Å². The molecule has 0 aromatic carbocycles. The van der Waals surface area contributed by atoms with E-state index < -0.39 is 0 Å². The van der Waals surface area contributed by atoms with Gasteiger partial charge in [0.2, 0.25) is 0 Å². The molecule has 0 saturated carbocycles. The lowest BCUT2D eigenvalue weighted by atomic mass is 9.95. The zero-order valence-corrected chi connectivity index (χ0v) is 11.1. The predicted octanol–water partition coefficient (Wildman–Crippen LogP) is 0.866. The molecule has 5 heteroatoms. The standard InChI is InChI=1S/C13H21N5/c1-9-8-15-17-13(9)11-4-3-7-18(11)12-5-6-14-10(2)16-12/h5-6,9,11,13,15,17H,3-4,7-8H2,1-2H3. The van der Waals surface area contributed by atoms with Gasteiger partial charge in [0.1, 0.15) is 11.6 Å². The Morgan fingerprint density at radius 2 is 2.33 bits per heavy atom. The molecule has 2 N–H and O–H groups in total. The van der Waals surface area contributed by atoms with Gasteiger partial charge >= 0.3 is 0 Å². The van der Waals surface area contributed by atoms with E-state index in [1.54, 1.807) is 0 Å². The highest BCUT2D eigenvalue weighted by Crippen LogP contribution is 2.29. The quantitative estimate of drug-likeness (QED) is 0.812. The molecule has 0 aliphatic carbocycles. The van der Waals surface area contributed by atoms with Gasteiger partial charge in [-0.15, -0.1) is 0 Å². The molecule has 3 heterocycles. The predicted molar refractivity (Wildman–Crippen MR) is 71.2 cm³/mol. The summed E-state index contributed by atoms with van der Waals surface area (Å²) in [7, 11) is 0. The van der Waals surface area contributed by atoms with Gasteiger partial charge in [0, 0.05) is 31.4 Å². The SMILES string of the molecule is Cc1nccc(N2CCCC2C2NNCC2C)n1. The number of hydrogen-bond donors (Lipinski definition) is 2. The van der Waals surface area contributed by atoms with Gasteiger partial charge in [-0.3, -0.25) is 10.9 Å². The van der Waals surface area contributed by atoms with Crippen molar-refractivity contribution in [2.24, 2.45) is 5.92 Å². The molecule has 2 fully saturated rings. The summed E-state index contributed by atoms with van der Waals surface area (Å²) in [5.41, 5.74) is 6.70. The second-order valence-electron chi connectivity index (χ2n) is 5.39. The Balaban J connectivity index is 1.82. The summed E-state index contributed by atoms with van der Waals surface area (Å²) in [5, 5.41) is 0. The number of nitrogens with one attached hydrogen (secondary N) is 2. The van der Waals surface area contributed by atoms with Gasteiger partial charge in [-0.2, -0.15) is 0 Å². The van der Waals surface area contributed by atoms with E-state index in [-0.39, 0.29) is 0 Å². The third-order valence-corrected chi connectivity index (χ3v) is 4.08. The molecular formula is C13H21N5. The first-order chi connectivity index (χ1) is 8.75. The van der Waals surface area contributed by atoms with Crippen molar-refractivity contribution in [3.05, 3.63) is 18.1 Å². The molecule has 0 bridgehead atoms. The number of nitrogens with zero attached hydrogens (tertiary/aromatic N) is 3. The molecule has 2 aliphatic heterocycles. The first-order valence-corrected chi connectivity index (χ1v) is 6.80. The zero-order chi connectivity index (χ0) is 12.5. The summed E-state index contributed by atoms with van der Waals surface area (Å²) in [6.07, 6.45) is 4.35. The molecule has 2 saturated heterocycles. The summed E-state index contributed by atoms with van der Waals surface area (Å²) in [6, 6.07) is 3.09. The average molecular weight is 247 g/mol. The Hall–Kier alpha value is -1.20. The van der Waals surface area contributed by atoms with Crippen LogP contribution in [0, 0.1) is 12.8 Å². The van der Waals surface area contributed by atoms with Crippen molar-refractivity contribution in [3.63, 3.8) is 0 Å². The highest BCUT2D eigenvalue weighted by Gasteiger charge is 2.37. The van der Waals surface area contributed by atoms with Gasteiger partial charge in [-0.05, 0) is 31.7 Å². The number of anilines is 1. The van der Waals surface area contributed by atoms with Crippen molar-refractivity contribution in [3.8, 4) is 0 Å². The first-order valence-electron chi connectivity index (χ1n) is 6.80. The minimum Gasteiger partial charge on any atom is -0.352 e. The molecule has 3 unspecified atom stereocenters. The maximum atomic E-state index is 4.57. The van der Waals surface area contributed by atoms with Crippen LogP contribution in [0.5, 0.6) is 0 Å². The van der Waals surface area contributed by atoms with E-state index in [2.05, 4.69) is 32.6 Å². The summed E-state index contributed by atoms with van der Waals surface area (Å²) >= 11 is 0. The van der Waals surface area contributed by atoms with Crippen LogP contribution in [0.2, 0.25) is 0 Å². The van der Waals surface area contributed by atoms with Crippen LogP contribution in [-0.4, -0.2) is 35.1 Å². The Kier molecular flexibility index (Phi) is 3.18. The first kappa shape index (κ1) is 11.9. The molecule has 3 atom stereocenters. The molecular weight excluding hydrogens is 226 g/mol. The van der Waals surface area contributed by atoms with Crippen LogP contribution in [0.3, 0.4) is 0 Å². The maximum Gasteiger partial charge on any atom is 0.132 e. The fourth-order valence-corrected chi connectivity index (χ4v) is 3.14. The Morgan fingerprint density at radius 1 is 1.44 bits per heavy atom. The van der Waals surface area contributed by atoms with Crippen LogP contribution in [0.25, 0.3) is 0 Å². The molecule has 1 aromatic rings. The van der Waals surface area contributed by atoms with E-state index in [0.717, 1.165) is 24.7 Å². The van der Waals surface area contributed by atoms with Gasteiger partial charge in [0.15, 0.2) is 0 Å². The zero-order valence-electron chi connectivity index (χ0n) is 11.1. The van der Waals surface area contributed by atoms with E-state index in [1.807, 2.05) is 19.2 Å². The van der Waals surface area contributed by atoms with Gasteiger partial charge < -0.3 is 4.90 Å². The van der Waals surface area contributed by atoms with Crippen molar-refractivity contribution in [2.75, 3.05) is 18.0 Å². The Labute approximate surface area is 108 Å². The fraction of sp³-hybridized carbons (Fsp3) is 0.692. The van der Waals surface area contributed by atoms with Crippen LogP contribution in [0.15, 0.2) is 12.3 Å². The summed E-state index contributed by atoms with van der Waals surface area (Å²) < 4.78 is 0. The summed E-state index contributed by atoms with van der Waals surface area (Å²) in [6.45, 7) is 6.41. The van der Waals surface area contributed by atoms with E-state index >= 15 is 0 Å². The van der Waals surface area contributed by atoms with Gasteiger partial charge in [-0.1, -0.05) is 6.92 Å². The van der Waals surface area contributed by atoms with Gasteiger partial charge in [0.25, 0.3) is 0 Å². The van der Waals surface area contributed by atoms with Gasteiger partial charge in [-0.25, -0.2) is 9.97 Å². The number of aryl methyl sites for hydroxylation is 1. The lowest BCUT2D eigenvalue weighted by molar-refractivity contribution is 0.401. The summed E-state index contributed by atoms with van der Waals surface area (Å²) in [4.78, 5) is 11.2. The average Bonchev–Trinajstić information content (AvgIpc) is 2.96. The lowest BCUT2D eigenvalue weighted by Gasteiger charge is -2.32. The summed E-state index contributed by atoms with van der Waals surface area (Å²) in [5.74, 6) is 2.59. The molecule has 0 spiro atoms. The van der Waals surface area contributed by atoms with Crippen molar-refractivity contribution in [1.29, 1.82) is 0 Å². The molecule has 18 heavy (non-hydrogen) atoms. The Bertz CT molecular complexity index is 422. The highest BCUT2D eigenvalue weighted by molar-refractivity contribution is 5.41. The van der Waals surface area contributed by atoms with Crippen LogP contribution >= 0.6 is 0 Å². The van der Waals surface area contributed by atoms with Crippen LogP contribution in [-0.2, 0) is 0 Å². The van der Waals surface area contributed by atoms with Crippen LogP contribution in [0.1, 0.15) is 25.6 Å². The van der Waals surface area contributed by atoms with E-state index in [0.29, 0.717) is 18.0 Å². The number of aromatic nitrogens is 2. The molecule has 5 nitrogen and oxygen atoms in total. The smallest absolute Gasteiger partial charge is 0.132 e. The minimum atomic E-state index is 0.516. The van der Waals surface area contributed by atoms with Crippen LogP contribution < -0.4 is 15.8 Å². The number of hydrogen-bond acceptors (Lipinski definition) is 5. The van der Waals surface area contributed by atoms with Crippen molar-refractivity contribution in [1.82, 2.24) is 20.8 Å². The second-order valence-corrected chi connectivity index (χ2v) is 5.39. The maximum absolute atomic E-state index is 4.57. The van der Waals surface area contributed by atoms with Gasteiger partial charge in [0.05, 0.1) is 0 Å². The molecule has 1 aromatic heterocycles. The largest absolute Gasteiger partial charge is 0.352 e. The molecule has 3 rings (SSSR count). The second kappa shape index (κ2) is 4.82. The van der Waals surface area contributed by atoms with E-state index in [1.165, 1.54) is 12.8 Å². The van der Waals surface area contributed by atoms with E-state index in [9.17, 15) is 0 Å². The third kappa shape index (κ3) is 2.08. The monoisotopic (exact) mass is 247 g/mol. The Morgan fingerprint density at radius 3 is 3.06 bits per heavy atom. The lowest BCUT2D eigenvalue weighted by Crippen LogP contribution is -2.48. The van der Waals surface area contributed by atoms with E-state index in [4.69, 9.17) is 0 Å². The van der Waals surface area contributed by atoms with Crippen LogP contribution in [0.4, 0.5) is 5.82 Å². The topological polar surface area (TPSA) is 53.1 Å². The molecule has 0 radical (unpaired) electrons.